The molecule has 2 aromatic carbocycles. The van der Waals surface area contributed by atoms with Crippen molar-refractivity contribution in [1.29, 1.82) is 0 Å². The van der Waals surface area contributed by atoms with Crippen LogP contribution >= 0.6 is 31.0 Å². The number of halogens is 4. The highest BCUT2D eigenvalue weighted by Crippen LogP contribution is 2.42. The molecule has 0 heterocycles. The molecule has 0 bridgehead atoms. The van der Waals surface area contributed by atoms with Crippen molar-refractivity contribution in [3.05, 3.63) is 65.2 Å². The maximum absolute atomic E-state index is 12.9. The second kappa shape index (κ2) is 9.98. The molecule has 2 aromatic rings. The number of hydrogen-bond donors (Lipinski definition) is 4. The van der Waals surface area contributed by atoms with Crippen molar-refractivity contribution in [2.75, 3.05) is 6.16 Å². The van der Waals surface area contributed by atoms with Crippen molar-refractivity contribution in [2.45, 2.75) is 40.8 Å². The van der Waals surface area contributed by atoms with Gasteiger partial charge >= 0.3 is 13.8 Å². The highest BCUT2D eigenvalue weighted by Gasteiger charge is 2.32. The molecule has 1 atom stereocenters. The molecule has 0 aliphatic heterocycles. The standard InChI is InChI=1S/C20H22ClF3NO4PS/c1-2-8-19(25,12-30(27,28)29)9-7-13-3-5-15(11-16(13)21)31-18-10-14(20(22,23)24)4-6-17(18)26/h2-6,10-11,26H,1,7-9,12,25H2,(H2,27,28,29). The third-order valence-corrected chi connectivity index (χ3v) is 6.93. The van der Waals surface area contributed by atoms with Gasteiger partial charge in [0.1, 0.15) is 5.75 Å². The molecule has 5 N–H and O–H groups in total. The van der Waals surface area contributed by atoms with Gasteiger partial charge < -0.3 is 20.6 Å². The van der Waals surface area contributed by atoms with Crippen molar-refractivity contribution in [3.8, 4) is 5.75 Å². The monoisotopic (exact) mass is 495 g/mol. The van der Waals surface area contributed by atoms with Gasteiger partial charge in [-0.2, -0.15) is 13.2 Å². The normalized spacial score (nSPS) is 14.3. The van der Waals surface area contributed by atoms with Crippen LogP contribution in [0.5, 0.6) is 5.75 Å². The Morgan fingerprint density at radius 2 is 1.87 bits per heavy atom. The van der Waals surface area contributed by atoms with E-state index >= 15 is 0 Å². The van der Waals surface area contributed by atoms with Gasteiger partial charge in [-0.05, 0) is 55.2 Å². The Labute approximate surface area is 187 Å². The zero-order valence-electron chi connectivity index (χ0n) is 16.3. The molecule has 0 amide bonds. The lowest BCUT2D eigenvalue weighted by atomic mass is 9.91. The number of alkyl halides is 3. The van der Waals surface area contributed by atoms with Crippen molar-refractivity contribution >= 4 is 31.0 Å². The summed E-state index contributed by atoms with van der Waals surface area (Å²) in [6.07, 6.45) is -2.74. The first-order chi connectivity index (χ1) is 14.2. The average Bonchev–Trinajstić information content (AvgIpc) is 2.60. The van der Waals surface area contributed by atoms with Crippen LogP contribution < -0.4 is 5.73 Å². The summed E-state index contributed by atoms with van der Waals surface area (Å²) in [7, 11) is -4.33. The van der Waals surface area contributed by atoms with Crippen LogP contribution in [-0.2, 0) is 17.2 Å². The number of phenols is 1. The molecule has 0 saturated heterocycles. The largest absolute Gasteiger partial charge is 0.507 e. The van der Waals surface area contributed by atoms with Gasteiger partial charge in [0.15, 0.2) is 0 Å². The zero-order chi connectivity index (χ0) is 23.4. The molecule has 170 valence electrons. The van der Waals surface area contributed by atoms with E-state index in [0.29, 0.717) is 21.9 Å². The summed E-state index contributed by atoms with van der Waals surface area (Å²) in [6.45, 7) is 3.58. The first-order valence-corrected chi connectivity index (χ1v) is 12.0. The van der Waals surface area contributed by atoms with Gasteiger partial charge in [0.25, 0.3) is 0 Å². The van der Waals surface area contributed by atoms with E-state index in [1.165, 1.54) is 6.08 Å². The number of aryl methyl sites for hydroxylation is 1. The molecule has 0 fully saturated rings. The fraction of sp³-hybridized carbons (Fsp3) is 0.300. The first-order valence-electron chi connectivity index (χ1n) is 9.03. The minimum absolute atomic E-state index is 0.0345. The summed E-state index contributed by atoms with van der Waals surface area (Å²) in [4.78, 5) is 19.1. The maximum Gasteiger partial charge on any atom is 0.416 e. The molecule has 0 radical (unpaired) electrons. The van der Waals surface area contributed by atoms with Crippen LogP contribution in [0.4, 0.5) is 13.2 Å². The lowest BCUT2D eigenvalue weighted by molar-refractivity contribution is -0.137. The lowest BCUT2D eigenvalue weighted by Gasteiger charge is -2.29. The van der Waals surface area contributed by atoms with E-state index in [4.69, 9.17) is 17.3 Å². The van der Waals surface area contributed by atoms with Crippen molar-refractivity contribution in [2.24, 2.45) is 5.73 Å². The zero-order valence-corrected chi connectivity index (χ0v) is 18.7. The molecule has 0 aliphatic rings. The predicted molar refractivity (Wildman–Crippen MR) is 116 cm³/mol. The third kappa shape index (κ3) is 7.86. The number of nitrogens with two attached hydrogens (primary N) is 1. The molecule has 0 spiro atoms. The van der Waals surface area contributed by atoms with Gasteiger partial charge in [-0.1, -0.05) is 35.5 Å². The molecular weight excluding hydrogens is 474 g/mol. The topological polar surface area (TPSA) is 104 Å². The molecule has 0 saturated carbocycles. The van der Waals surface area contributed by atoms with Gasteiger partial charge in [0.05, 0.1) is 16.6 Å². The van der Waals surface area contributed by atoms with E-state index < -0.39 is 31.0 Å². The second-order valence-electron chi connectivity index (χ2n) is 7.21. The Bertz CT molecular complexity index is 999. The van der Waals surface area contributed by atoms with Crippen LogP contribution in [0.15, 0.2) is 58.8 Å². The lowest BCUT2D eigenvalue weighted by Crippen LogP contribution is -2.43. The SMILES string of the molecule is C=CCC(N)(CCc1ccc(Sc2cc(C(F)(F)F)ccc2O)cc1Cl)CP(=O)(O)O. The van der Waals surface area contributed by atoms with Gasteiger partial charge in [-0.15, -0.1) is 6.58 Å². The van der Waals surface area contributed by atoms with Crippen molar-refractivity contribution in [3.63, 3.8) is 0 Å². The van der Waals surface area contributed by atoms with E-state index in [1.54, 1.807) is 18.2 Å². The molecule has 5 nitrogen and oxygen atoms in total. The second-order valence-corrected chi connectivity index (χ2v) is 10.4. The van der Waals surface area contributed by atoms with Gasteiger partial charge in [0.2, 0.25) is 0 Å². The van der Waals surface area contributed by atoms with E-state index in [0.717, 1.165) is 30.0 Å². The van der Waals surface area contributed by atoms with Crippen LogP contribution in [0.3, 0.4) is 0 Å². The molecule has 31 heavy (non-hydrogen) atoms. The molecule has 0 aromatic heterocycles. The number of benzene rings is 2. The Morgan fingerprint density at radius 3 is 2.42 bits per heavy atom. The van der Waals surface area contributed by atoms with Gasteiger partial charge in [-0.25, -0.2) is 0 Å². The molecule has 2 rings (SSSR count). The summed E-state index contributed by atoms with van der Waals surface area (Å²) in [5.74, 6) is -0.284. The van der Waals surface area contributed by atoms with Crippen LogP contribution in [-0.4, -0.2) is 26.6 Å². The van der Waals surface area contributed by atoms with Crippen molar-refractivity contribution in [1.82, 2.24) is 0 Å². The summed E-state index contributed by atoms with van der Waals surface area (Å²) < 4.78 is 50.1. The van der Waals surface area contributed by atoms with E-state index in [1.807, 2.05) is 0 Å². The number of rotatable bonds is 9. The minimum atomic E-state index is -4.53. The predicted octanol–water partition coefficient (Wildman–Crippen LogP) is 5.60. The molecule has 0 aliphatic carbocycles. The van der Waals surface area contributed by atoms with E-state index in [-0.39, 0.29) is 23.5 Å². The summed E-state index contributed by atoms with van der Waals surface area (Å²) >= 11 is 7.24. The first kappa shape index (κ1) is 25.8. The van der Waals surface area contributed by atoms with Crippen LogP contribution in [0.2, 0.25) is 5.02 Å². The fourth-order valence-electron chi connectivity index (χ4n) is 3.02. The van der Waals surface area contributed by atoms with Crippen molar-refractivity contribution < 1.29 is 32.6 Å². The molecule has 11 heteroatoms. The summed E-state index contributed by atoms with van der Waals surface area (Å²) in [5.41, 5.74) is 4.81. The third-order valence-electron chi connectivity index (χ3n) is 4.50. The minimum Gasteiger partial charge on any atom is -0.507 e. The van der Waals surface area contributed by atoms with E-state index in [2.05, 4.69) is 6.58 Å². The van der Waals surface area contributed by atoms with E-state index in [9.17, 15) is 32.6 Å². The van der Waals surface area contributed by atoms with Gasteiger partial charge in [0, 0.05) is 15.5 Å². The highest BCUT2D eigenvalue weighted by molar-refractivity contribution is 7.99. The Kier molecular flexibility index (Phi) is 8.30. The fourth-order valence-corrected chi connectivity index (χ4v) is 5.39. The average molecular weight is 496 g/mol. The Hall–Kier alpha value is -1.48. The quantitative estimate of drug-likeness (QED) is 0.267. The summed E-state index contributed by atoms with van der Waals surface area (Å²) in [5, 5.41) is 10.2. The number of phenolic OH excluding ortho intramolecular Hbond substituents is 1. The van der Waals surface area contributed by atoms with Crippen LogP contribution in [0.1, 0.15) is 24.0 Å². The van der Waals surface area contributed by atoms with Crippen LogP contribution in [0.25, 0.3) is 0 Å². The smallest absolute Gasteiger partial charge is 0.416 e. The Balaban J connectivity index is 2.17. The molecule has 1 unspecified atom stereocenters. The highest BCUT2D eigenvalue weighted by atomic mass is 35.5. The maximum atomic E-state index is 12.9. The number of aromatic hydroxyl groups is 1. The Morgan fingerprint density at radius 1 is 1.19 bits per heavy atom. The van der Waals surface area contributed by atoms with Gasteiger partial charge in [-0.3, -0.25) is 4.57 Å². The molecular formula is C20H22ClF3NO4PS. The number of hydrogen-bond acceptors (Lipinski definition) is 4. The van der Waals surface area contributed by atoms with Crippen LogP contribution in [0, 0.1) is 0 Å². The summed E-state index contributed by atoms with van der Waals surface area (Å²) in [6, 6.07) is 7.51.